The van der Waals surface area contributed by atoms with Gasteiger partial charge in [-0.3, -0.25) is 14.8 Å². The number of aromatic nitrogens is 3. The topological polar surface area (TPSA) is 110 Å². The largest absolute Gasteiger partial charge is 0.385 e. The molecule has 20 heavy (non-hydrogen) atoms. The second-order valence-corrected chi connectivity index (χ2v) is 4.05. The summed E-state index contributed by atoms with van der Waals surface area (Å²) in [6, 6.07) is 6.23. The average molecular weight is 272 g/mol. The number of nitrogens with zero attached hydrogens (tertiary/aromatic N) is 5. The molecular formula is C12H12N6O2. The van der Waals surface area contributed by atoms with Crippen LogP contribution in [0.2, 0.25) is 0 Å². The highest BCUT2D eigenvalue weighted by atomic mass is 16.6. The lowest BCUT2D eigenvalue weighted by Crippen LogP contribution is -2.07. The number of benzene rings is 1. The number of hydrogen-bond donors (Lipinski definition) is 1. The summed E-state index contributed by atoms with van der Waals surface area (Å²) in [6.07, 6.45) is 4.21. The lowest BCUT2D eigenvalue weighted by molar-refractivity contribution is -0.385. The third-order valence-electron chi connectivity index (χ3n) is 2.68. The van der Waals surface area contributed by atoms with Crippen LogP contribution in [-0.2, 0) is 6.54 Å². The second kappa shape index (κ2) is 6.29. The molecule has 0 saturated heterocycles. The van der Waals surface area contributed by atoms with E-state index in [0.717, 1.165) is 13.0 Å². The number of rotatable bonds is 6. The van der Waals surface area contributed by atoms with E-state index in [9.17, 15) is 10.1 Å². The fourth-order valence-corrected chi connectivity index (χ4v) is 1.72. The lowest BCUT2D eigenvalue weighted by Gasteiger charge is -2.06. The number of aryl methyl sites for hydroxylation is 1. The maximum Gasteiger partial charge on any atom is 0.287 e. The Balaban J connectivity index is 1.90. The van der Waals surface area contributed by atoms with Gasteiger partial charge in [0.2, 0.25) is 0 Å². The Morgan fingerprint density at radius 2 is 2.35 bits per heavy atom. The highest BCUT2D eigenvalue weighted by Crippen LogP contribution is 2.21. The summed E-state index contributed by atoms with van der Waals surface area (Å²) in [5.74, 6) is 0. The molecule has 1 aromatic heterocycles. The lowest BCUT2D eigenvalue weighted by atomic mass is 10.1. The quantitative estimate of drug-likeness (QED) is 0.485. The predicted molar refractivity (Wildman–Crippen MR) is 70.9 cm³/mol. The number of nitrogens with one attached hydrogen (secondary N) is 1. The van der Waals surface area contributed by atoms with E-state index >= 15 is 0 Å². The minimum Gasteiger partial charge on any atom is -0.385 e. The molecule has 1 aromatic carbocycles. The van der Waals surface area contributed by atoms with E-state index in [0.29, 0.717) is 12.2 Å². The van der Waals surface area contributed by atoms with Gasteiger partial charge in [-0.1, -0.05) is 5.21 Å². The molecule has 0 aliphatic heterocycles. The summed E-state index contributed by atoms with van der Waals surface area (Å²) in [5.41, 5.74) is 0.558. The molecule has 0 aliphatic carbocycles. The van der Waals surface area contributed by atoms with E-state index in [2.05, 4.69) is 15.6 Å². The van der Waals surface area contributed by atoms with Gasteiger partial charge in [0.25, 0.3) is 5.69 Å². The normalized spacial score (nSPS) is 9.95. The van der Waals surface area contributed by atoms with Crippen molar-refractivity contribution in [2.75, 3.05) is 11.9 Å². The van der Waals surface area contributed by atoms with E-state index in [4.69, 9.17) is 5.26 Å². The second-order valence-electron chi connectivity index (χ2n) is 4.05. The van der Waals surface area contributed by atoms with Crippen molar-refractivity contribution in [3.63, 3.8) is 0 Å². The van der Waals surface area contributed by atoms with Crippen molar-refractivity contribution in [1.82, 2.24) is 15.0 Å². The van der Waals surface area contributed by atoms with Crippen molar-refractivity contribution in [3.05, 3.63) is 46.3 Å². The van der Waals surface area contributed by atoms with Gasteiger partial charge in [0.05, 0.1) is 11.1 Å². The Hall–Kier alpha value is -2.95. The van der Waals surface area contributed by atoms with Crippen molar-refractivity contribution in [3.8, 4) is 6.07 Å². The van der Waals surface area contributed by atoms with Crippen LogP contribution in [0, 0.1) is 21.4 Å². The standard InChI is InChI=1S/C12H12N6O2/c13-9-10-8-11(2-3-12(10)18(19)20)14-4-1-6-17-7-5-15-16-17/h2-3,5,7-8,14H,1,4,6H2. The van der Waals surface area contributed by atoms with Crippen LogP contribution in [0.3, 0.4) is 0 Å². The molecule has 0 atom stereocenters. The molecule has 8 heteroatoms. The van der Waals surface area contributed by atoms with Crippen LogP contribution in [0.15, 0.2) is 30.6 Å². The van der Waals surface area contributed by atoms with Crippen molar-refractivity contribution in [2.24, 2.45) is 0 Å². The predicted octanol–water partition coefficient (Wildman–Crippen LogP) is 1.56. The highest BCUT2D eigenvalue weighted by Gasteiger charge is 2.13. The minimum atomic E-state index is -0.562. The van der Waals surface area contributed by atoms with Crippen LogP contribution in [0.5, 0.6) is 0 Å². The summed E-state index contributed by atoms with van der Waals surface area (Å²) in [6.45, 7) is 1.40. The van der Waals surface area contributed by atoms with Crippen LogP contribution in [0.4, 0.5) is 11.4 Å². The molecule has 1 heterocycles. The van der Waals surface area contributed by atoms with Crippen molar-refractivity contribution >= 4 is 11.4 Å². The third kappa shape index (κ3) is 3.29. The van der Waals surface area contributed by atoms with Crippen molar-refractivity contribution in [2.45, 2.75) is 13.0 Å². The van der Waals surface area contributed by atoms with Gasteiger partial charge in [0.1, 0.15) is 11.6 Å². The molecule has 102 valence electrons. The molecule has 2 rings (SSSR count). The average Bonchev–Trinajstić information content (AvgIpc) is 2.96. The molecule has 1 N–H and O–H groups in total. The zero-order valence-corrected chi connectivity index (χ0v) is 10.6. The Bertz CT molecular complexity index is 632. The zero-order valence-electron chi connectivity index (χ0n) is 10.6. The fraction of sp³-hybridized carbons (Fsp3) is 0.250. The first-order valence-corrected chi connectivity index (χ1v) is 5.97. The molecule has 0 unspecified atom stereocenters. The van der Waals surface area contributed by atoms with Gasteiger partial charge >= 0.3 is 0 Å². The van der Waals surface area contributed by atoms with Crippen LogP contribution < -0.4 is 5.32 Å². The number of nitro groups is 1. The number of anilines is 1. The molecule has 0 bridgehead atoms. The molecule has 0 radical (unpaired) electrons. The summed E-state index contributed by atoms with van der Waals surface area (Å²) < 4.78 is 1.72. The maximum atomic E-state index is 10.7. The first-order chi connectivity index (χ1) is 9.70. The van der Waals surface area contributed by atoms with Crippen LogP contribution in [-0.4, -0.2) is 26.5 Å². The van der Waals surface area contributed by atoms with E-state index < -0.39 is 4.92 Å². The van der Waals surface area contributed by atoms with E-state index in [1.54, 1.807) is 23.1 Å². The van der Waals surface area contributed by atoms with Gasteiger partial charge < -0.3 is 5.32 Å². The summed E-state index contributed by atoms with van der Waals surface area (Å²) in [4.78, 5) is 10.1. The maximum absolute atomic E-state index is 10.7. The Morgan fingerprint density at radius 1 is 1.50 bits per heavy atom. The molecule has 8 nitrogen and oxygen atoms in total. The Labute approximate surface area is 114 Å². The third-order valence-corrected chi connectivity index (χ3v) is 2.68. The van der Waals surface area contributed by atoms with E-state index in [1.165, 1.54) is 12.1 Å². The van der Waals surface area contributed by atoms with Gasteiger partial charge in [-0.05, 0) is 18.6 Å². The van der Waals surface area contributed by atoms with Gasteiger partial charge in [0.15, 0.2) is 0 Å². The molecule has 0 aliphatic rings. The van der Waals surface area contributed by atoms with Crippen molar-refractivity contribution in [1.29, 1.82) is 5.26 Å². The molecule has 0 amide bonds. The van der Waals surface area contributed by atoms with Gasteiger partial charge in [-0.25, -0.2) is 0 Å². The van der Waals surface area contributed by atoms with E-state index in [-0.39, 0.29) is 11.3 Å². The smallest absolute Gasteiger partial charge is 0.287 e. The van der Waals surface area contributed by atoms with Crippen LogP contribution >= 0.6 is 0 Å². The van der Waals surface area contributed by atoms with Gasteiger partial charge in [-0.2, -0.15) is 5.26 Å². The first kappa shape index (κ1) is 13.5. The highest BCUT2D eigenvalue weighted by molar-refractivity contribution is 5.58. The van der Waals surface area contributed by atoms with Crippen molar-refractivity contribution < 1.29 is 4.92 Å². The zero-order chi connectivity index (χ0) is 14.4. The van der Waals surface area contributed by atoms with Crippen LogP contribution in [0.1, 0.15) is 12.0 Å². The van der Waals surface area contributed by atoms with Gasteiger partial charge in [0, 0.05) is 31.0 Å². The monoisotopic (exact) mass is 272 g/mol. The SMILES string of the molecule is N#Cc1cc(NCCCn2ccnn2)ccc1[N+](=O)[O-]. The number of nitro benzene ring substituents is 1. The molecule has 0 saturated carbocycles. The minimum absolute atomic E-state index is 0.0521. The molecule has 0 spiro atoms. The fourth-order valence-electron chi connectivity index (χ4n) is 1.72. The van der Waals surface area contributed by atoms with E-state index in [1.807, 2.05) is 6.07 Å². The Kier molecular flexibility index (Phi) is 4.24. The first-order valence-electron chi connectivity index (χ1n) is 5.97. The molecule has 2 aromatic rings. The summed E-state index contributed by atoms with van der Waals surface area (Å²) in [7, 11) is 0. The number of nitriles is 1. The summed E-state index contributed by atoms with van der Waals surface area (Å²) >= 11 is 0. The number of hydrogen-bond acceptors (Lipinski definition) is 6. The van der Waals surface area contributed by atoms with Gasteiger partial charge in [-0.15, -0.1) is 5.10 Å². The molecule has 0 fully saturated rings. The Morgan fingerprint density at radius 3 is 3.00 bits per heavy atom. The molecular weight excluding hydrogens is 260 g/mol. The summed E-state index contributed by atoms with van der Waals surface area (Å²) in [5, 5.41) is 30.2. The van der Waals surface area contributed by atoms with Crippen LogP contribution in [0.25, 0.3) is 0 Å².